The highest BCUT2D eigenvalue weighted by molar-refractivity contribution is 7.92. The van der Waals surface area contributed by atoms with Crippen LogP contribution in [0, 0.1) is 0 Å². The molecule has 3 rings (SSSR count). The smallest absolute Gasteiger partial charge is 0.240 e. The Hall–Kier alpha value is -2.13. The molecule has 118 valence electrons. The maximum absolute atomic E-state index is 11.2. The Morgan fingerprint density at radius 1 is 1.36 bits per heavy atom. The maximum Gasteiger partial charge on any atom is 0.240 e. The number of aromatic nitrogens is 2. The van der Waals surface area contributed by atoms with Crippen LogP contribution >= 0.6 is 0 Å². The Bertz CT molecular complexity index is 775. The van der Waals surface area contributed by atoms with Gasteiger partial charge >= 0.3 is 0 Å². The van der Waals surface area contributed by atoms with E-state index in [1.807, 2.05) is 0 Å². The molecular formula is C13H15N3O5S. The molecule has 0 amide bonds. The van der Waals surface area contributed by atoms with Gasteiger partial charge in [-0.2, -0.15) is 4.98 Å². The fourth-order valence-electron chi connectivity index (χ4n) is 2.12. The minimum atomic E-state index is -2.93. The Balaban J connectivity index is 1.81. The van der Waals surface area contributed by atoms with Crippen molar-refractivity contribution in [2.24, 2.45) is 5.73 Å². The summed E-state index contributed by atoms with van der Waals surface area (Å²) in [4.78, 5) is 4.13. The Morgan fingerprint density at radius 3 is 2.73 bits per heavy atom. The topological polar surface area (TPSA) is 118 Å². The van der Waals surface area contributed by atoms with Gasteiger partial charge in [0.25, 0.3) is 0 Å². The fourth-order valence-corrected chi connectivity index (χ4v) is 3.30. The molecule has 1 saturated heterocycles. The SMILES string of the molecule is COc1cc(-c2noc(CN)n2)ccc1OC1CS(=O)(=O)C1. The summed E-state index contributed by atoms with van der Waals surface area (Å²) >= 11 is 0. The van der Waals surface area contributed by atoms with E-state index < -0.39 is 9.84 Å². The first-order valence-electron chi connectivity index (χ1n) is 6.59. The second-order valence-electron chi connectivity index (χ2n) is 4.90. The van der Waals surface area contributed by atoms with Gasteiger partial charge in [-0.3, -0.25) is 0 Å². The van der Waals surface area contributed by atoms with Gasteiger partial charge in [0.15, 0.2) is 21.3 Å². The quantitative estimate of drug-likeness (QED) is 0.838. The van der Waals surface area contributed by atoms with E-state index in [1.165, 1.54) is 7.11 Å². The summed E-state index contributed by atoms with van der Waals surface area (Å²) in [5.74, 6) is 1.76. The Labute approximate surface area is 127 Å². The number of ether oxygens (including phenoxy) is 2. The number of rotatable bonds is 5. The summed E-state index contributed by atoms with van der Waals surface area (Å²) in [5, 5.41) is 3.83. The van der Waals surface area contributed by atoms with Gasteiger partial charge in [0.05, 0.1) is 25.2 Å². The van der Waals surface area contributed by atoms with Crippen molar-refractivity contribution in [1.82, 2.24) is 10.1 Å². The summed E-state index contributed by atoms with van der Waals surface area (Å²) in [5.41, 5.74) is 6.12. The van der Waals surface area contributed by atoms with Crippen LogP contribution in [0.15, 0.2) is 22.7 Å². The van der Waals surface area contributed by atoms with Crippen molar-refractivity contribution in [2.45, 2.75) is 12.6 Å². The number of sulfone groups is 1. The average Bonchev–Trinajstić information content (AvgIpc) is 2.94. The number of nitrogens with zero attached hydrogens (tertiary/aromatic N) is 2. The normalized spacial score (nSPS) is 17.0. The number of hydrogen-bond donors (Lipinski definition) is 1. The van der Waals surface area contributed by atoms with E-state index in [0.717, 1.165) is 0 Å². The van der Waals surface area contributed by atoms with E-state index in [-0.39, 0.29) is 24.2 Å². The van der Waals surface area contributed by atoms with Crippen LogP contribution < -0.4 is 15.2 Å². The van der Waals surface area contributed by atoms with Crippen LogP contribution in [-0.4, -0.2) is 43.3 Å². The van der Waals surface area contributed by atoms with Gasteiger partial charge in [-0.1, -0.05) is 5.16 Å². The molecule has 2 N–H and O–H groups in total. The average molecular weight is 325 g/mol. The molecule has 0 spiro atoms. The van der Waals surface area contributed by atoms with Gasteiger partial charge in [0.1, 0.15) is 6.10 Å². The minimum Gasteiger partial charge on any atom is -0.493 e. The number of methoxy groups -OCH3 is 1. The summed E-state index contributed by atoms with van der Waals surface area (Å²) in [6.45, 7) is 0.168. The molecule has 8 nitrogen and oxygen atoms in total. The zero-order chi connectivity index (χ0) is 15.7. The summed E-state index contributed by atoms with van der Waals surface area (Å²) in [6.07, 6.45) is -0.334. The maximum atomic E-state index is 11.2. The van der Waals surface area contributed by atoms with E-state index >= 15 is 0 Å². The molecule has 0 atom stereocenters. The van der Waals surface area contributed by atoms with Gasteiger partial charge in [-0.05, 0) is 18.2 Å². The van der Waals surface area contributed by atoms with Gasteiger partial charge in [0, 0.05) is 5.56 Å². The molecule has 9 heteroatoms. The zero-order valence-corrected chi connectivity index (χ0v) is 12.7. The predicted molar refractivity (Wildman–Crippen MR) is 77.2 cm³/mol. The van der Waals surface area contributed by atoms with E-state index in [9.17, 15) is 8.42 Å². The van der Waals surface area contributed by atoms with Crippen molar-refractivity contribution in [2.75, 3.05) is 18.6 Å². The molecule has 1 fully saturated rings. The lowest BCUT2D eigenvalue weighted by Crippen LogP contribution is -2.45. The highest BCUT2D eigenvalue weighted by atomic mass is 32.2. The molecule has 1 aromatic carbocycles. The molecule has 22 heavy (non-hydrogen) atoms. The summed E-state index contributed by atoms with van der Waals surface area (Å²) in [7, 11) is -1.43. The Kier molecular flexibility index (Phi) is 3.75. The number of hydrogen-bond acceptors (Lipinski definition) is 8. The zero-order valence-electron chi connectivity index (χ0n) is 11.9. The molecule has 0 radical (unpaired) electrons. The minimum absolute atomic E-state index is 0.0304. The van der Waals surface area contributed by atoms with Crippen LogP contribution in [0.2, 0.25) is 0 Å². The third-order valence-electron chi connectivity index (χ3n) is 3.24. The molecule has 0 unspecified atom stereocenters. The van der Waals surface area contributed by atoms with Crippen LogP contribution in [0.3, 0.4) is 0 Å². The highest BCUT2D eigenvalue weighted by Gasteiger charge is 2.35. The lowest BCUT2D eigenvalue weighted by Gasteiger charge is -2.27. The van der Waals surface area contributed by atoms with Gasteiger partial charge < -0.3 is 19.7 Å². The van der Waals surface area contributed by atoms with Gasteiger partial charge in [-0.25, -0.2) is 8.42 Å². The Morgan fingerprint density at radius 2 is 2.14 bits per heavy atom. The van der Waals surface area contributed by atoms with Gasteiger partial charge in [-0.15, -0.1) is 0 Å². The van der Waals surface area contributed by atoms with Crippen molar-refractivity contribution in [3.05, 3.63) is 24.1 Å². The second-order valence-corrected chi connectivity index (χ2v) is 7.05. The molecule has 1 aromatic heterocycles. The third kappa shape index (κ3) is 2.90. The highest BCUT2D eigenvalue weighted by Crippen LogP contribution is 2.33. The van der Waals surface area contributed by atoms with E-state index in [2.05, 4.69) is 10.1 Å². The third-order valence-corrected chi connectivity index (χ3v) is 5.00. The van der Waals surface area contributed by atoms with Crippen LogP contribution in [0.1, 0.15) is 5.89 Å². The number of nitrogens with two attached hydrogens (primary N) is 1. The van der Waals surface area contributed by atoms with Crippen LogP contribution in [0.5, 0.6) is 11.5 Å². The monoisotopic (exact) mass is 325 g/mol. The first-order valence-corrected chi connectivity index (χ1v) is 8.41. The van der Waals surface area contributed by atoms with Crippen molar-refractivity contribution >= 4 is 9.84 Å². The van der Waals surface area contributed by atoms with E-state index in [1.54, 1.807) is 18.2 Å². The summed E-state index contributed by atoms with van der Waals surface area (Å²) < 4.78 is 38.2. The number of benzene rings is 1. The predicted octanol–water partition coefficient (Wildman–Crippen LogP) is 0.380. The molecular weight excluding hydrogens is 310 g/mol. The van der Waals surface area contributed by atoms with Crippen LogP contribution in [0.25, 0.3) is 11.4 Å². The van der Waals surface area contributed by atoms with Crippen molar-refractivity contribution in [1.29, 1.82) is 0 Å². The molecule has 0 bridgehead atoms. The van der Waals surface area contributed by atoms with Gasteiger partial charge in [0.2, 0.25) is 11.7 Å². The summed E-state index contributed by atoms with van der Waals surface area (Å²) in [6, 6.07) is 5.14. The van der Waals surface area contributed by atoms with Crippen LogP contribution in [-0.2, 0) is 16.4 Å². The van der Waals surface area contributed by atoms with Crippen molar-refractivity contribution < 1.29 is 22.4 Å². The molecule has 2 heterocycles. The van der Waals surface area contributed by atoms with Crippen LogP contribution in [0.4, 0.5) is 0 Å². The molecule has 1 aliphatic heterocycles. The van der Waals surface area contributed by atoms with Crippen molar-refractivity contribution in [3.8, 4) is 22.9 Å². The lowest BCUT2D eigenvalue weighted by molar-refractivity contribution is 0.219. The van der Waals surface area contributed by atoms with Crippen molar-refractivity contribution in [3.63, 3.8) is 0 Å². The largest absolute Gasteiger partial charge is 0.493 e. The molecule has 2 aromatic rings. The fraction of sp³-hybridized carbons (Fsp3) is 0.385. The molecule has 0 saturated carbocycles. The van der Waals surface area contributed by atoms with E-state index in [4.69, 9.17) is 19.7 Å². The first kappa shape index (κ1) is 14.8. The molecule has 1 aliphatic rings. The molecule has 0 aliphatic carbocycles. The first-order chi connectivity index (χ1) is 10.5. The lowest BCUT2D eigenvalue weighted by atomic mass is 10.2. The second kappa shape index (κ2) is 5.58. The van der Waals surface area contributed by atoms with E-state index in [0.29, 0.717) is 28.8 Å². The standard InChI is InChI=1S/C13H15N3O5S/c1-19-11-4-8(13-15-12(5-14)21-16-13)2-3-10(11)20-9-6-22(17,18)7-9/h2-4,9H,5-7,14H2,1H3.